The molecule has 4 N–H and O–H groups in total. The van der Waals surface area contributed by atoms with Gasteiger partial charge in [-0.25, -0.2) is 9.97 Å². The fourth-order valence-corrected chi connectivity index (χ4v) is 2.16. The van der Waals surface area contributed by atoms with Gasteiger partial charge in [0, 0.05) is 17.8 Å². The molecule has 0 aromatic carbocycles. The molecule has 0 aliphatic carbocycles. The minimum absolute atomic E-state index is 0.0123. The first-order valence-electron chi connectivity index (χ1n) is 8.12. The second-order valence-electron chi connectivity index (χ2n) is 5.88. The minimum atomic E-state index is -0.128. The zero-order chi connectivity index (χ0) is 18.4. The standard InChI is InChI=1S/C18H23N5O2/c1-5-12-7-15(14(8-20-12)11(3)4)25-16-9-21-18(23-17(16)19)22-13(6-2)10-24/h1,7-9,11,13,24H,6,10H2,2-4H3,(H3,19,21,22,23). The van der Waals surface area contributed by atoms with E-state index in [-0.39, 0.29) is 24.4 Å². The molecule has 2 heterocycles. The molecule has 132 valence electrons. The summed E-state index contributed by atoms with van der Waals surface area (Å²) in [7, 11) is 0. The van der Waals surface area contributed by atoms with E-state index in [4.69, 9.17) is 16.9 Å². The number of aliphatic hydroxyl groups excluding tert-OH is 1. The van der Waals surface area contributed by atoms with E-state index in [0.29, 0.717) is 23.1 Å². The highest BCUT2D eigenvalue weighted by atomic mass is 16.5. The van der Waals surface area contributed by atoms with Gasteiger partial charge in [0.25, 0.3) is 0 Å². The lowest BCUT2D eigenvalue weighted by atomic mass is 10.0. The van der Waals surface area contributed by atoms with Crippen molar-refractivity contribution >= 4 is 11.8 Å². The van der Waals surface area contributed by atoms with Crippen LogP contribution < -0.4 is 15.8 Å². The molecular weight excluding hydrogens is 318 g/mol. The molecule has 2 aromatic heterocycles. The molecule has 25 heavy (non-hydrogen) atoms. The van der Waals surface area contributed by atoms with Gasteiger partial charge in [-0.15, -0.1) is 6.42 Å². The van der Waals surface area contributed by atoms with Crippen LogP contribution in [0.5, 0.6) is 11.5 Å². The summed E-state index contributed by atoms with van der Waals surface area (Å²) in [6.45, 7) is 6.01. The minimum Gasteiger partial charge on any atom is -0.451 e. The summed E-state index contributed by atoms with van der Waals surface area (Å²) in [5.41, 5.74) is 7.38. The van der Waals surface area contributed by atoms with E-state index < -0.39 is 0 Å². The Morgan fingerprint density at radius 2 is 2.08 bits per heavy atom. The zero-order valence-electron chi connectivity index (χ0n) is 14.7. The Balaban J connectivity index is 2.28. The van der Waals surface area contributed by atoms with E-state index >= 15 is 0 Å². The second kappa shape index (κ2) is 8.31. The third-order valence-corrected chi connectivity index (χ3v) is 3.71. The summed E-state index contributed by atoms with van der Waals surface area (Å²) in [4.78, 5) is 12.6. The highest BCUT2D eigenvalue weighted by Gasteiger charge is 2.14. The number of nitrogen functional groups attached to an aromatic ring is 1. The smallest absolute Gasteiger partial charge is 0.225 e. The van der Waals surface area contributed by atoms with Crippen molar-refractivity contribution in [3.63, 3.8) is 0 Å². The molecule has 0 bridgehead atoms. The molecule has 0 fully saturated rings. The van der Waals surface area contributed by atoms with Crippen LogP contribution in [0, 0.1) is 12.3 Å². The Kier molecular flexibility index (Phi) is 6.14. The van der Waals surface area contributed by atoms with E-state index in [9.17, 15) is 5.11 Å². The first-order valence-corrected chi connectivity index (χ1v) is 8.12. The van der Waals surface area contributed by atoms with Gasteiger partial charge in [0.2, 0.25) is 5.95 Å². The molecule has 0 spiro atoms. The topological polar surface area (TPSA) is 106 Å². The maximum absolute atomic E-state index is 9.24. The maximum atomic E-state index is 9.24. The number of pyridine rings is 1. The van der Waals surface area contributed by atoms with Crippen LogP contribution >= 0.6 is 0 Å². The summed E-state index contributed by atoms with van der Waals surface area (Å²) in [5.74, 6) is 4.14. The number of rotatable bonds is 7. The van der Waals surface area contributed by atoms with Crippen LogP contribution in [0.15, 0.2) is 18.5 Å². The summed E-state index contributed by atoms with van der Waals surface area (Å²) < 4.78 is 5.89. The van der Waals surface area contributed by atoms with Crippen LogP contribution in [0.25, 0.3) is 0 Å². The molecule has 2 aromatic rings. The first-order chi connectivity index (χ1) is 12.0. The van der Waals surface area contributed by atoms with E-state index in [1.807, 2.05) is 20.8 Å². The Hall–Kier alpha value is -2.85. The van der Waals surface area contributed by atoms with E-state index in [1.165, 1.54) is 6.20 Å². The van der Waals surface area contributed by atoms with Crippen LogP contribution in [0.4, 0.5) is 11.8 Å². The number of hydrogen-bond acceptors (Lipinski definition) is 7. The Morgan fingerprint density at radius 3 is 2.64 bits per heavy atom. The van der Waals surface area contributed by atoms with Crippen LogP contribution in [0.1, 0.15) is 44.4 Å². The van der Waals surface area contributed by atoms with Crippen LogP contribution in [0.3, 0.4) is 0 Å². The fraction of sp³-hybridized carbons (Fsp3) is 0.389. The number of nitrogens with one attached hydrogen (secondary N) is 1. The van der Waals surface area contributed by atoms with Gasteiger partial charge in [0.1, 0.15) is 11.4 Å². The largest absolute Gasteiger partial charge is 0.451 e. The molecule has 0 aliphatic heterocycles. The van der Waals surface area contributed by atoms with Crippen molar-refractivity contribution < 1.29 is 9.84 Å². The van der Waals surface area contributed by atoms with Crippen molar-refractivity contribution in [3.05, 3.63) is 29.7 Å². The van der Waals surface area contributed by atoms with E-state index in [1.54, 1.807) is 12.3 Å². The third kappa shape index (κ3) is 4.58. The number of terminal acetylenes is 1. The average Bonchev–Trinajstić information content (AvgIpc) is 2.61. The number of hydrogen-bond donors (Lipinski definition) is 3. The summed E-state index contributed by atoms with van der Waals surface area (Å²) in [6.07, 6.45) is 9.35. The predicted molar refractivity (Wildman–Crippen MR) is 97.6 cm³/mol. The monoisotopic (exact) mass is 341 g/mol. The van der Waals surface area contributed by atoms with Crippen molar-refractivity contribution in [2.45, 2.75) is 39.2 Å². The van der Waals surface area contributed by atoms with Crippen LogP contribution in [-0.4, -0.2) is 32.7 Å². The summed E-state index contributed by atoms with van der Waals surface area (Å²) in [6, 6.07) is 1.57. The van der Waals surface area contributed by atoms with E-state index in [2.05, 4.69) is 26.2 Å². The van der Waals surface area contributed by atoms with Gasteiger partial charge in [0.15, 0.2) is 11.6 Å². The molecule has 1 atom stereocenters. The van der Waals surface area contributed by atoms with Gasteiger partial charge in [0.05, 0.1) is 18.8 Å². The van der Waals surface area contributed by atoms with Crippen molar-refractivity contribution in [2.24, 2.45) is 0 Å². The fourth-order valence-electron chi connectivity index (χ4n) is 2.16. The summed E-state index contributed by atoms with van der Waals surface area (Å²) in [5, 5.41) is 12.3. The molecule has 2 rings (SSSR count). The first kappa shape index (κ1) is 18.5. The maximum Gasteiger partial charge on any atom is 0.225 e. The highest BCUT2D eigenvalue weighted by molar-refractivity contribution is 5.52. The molecule has 0 amide bonds. The number of aromatic nitrogens is 3. The quantitative estimate of drug-likeness (QED) is 0.664. The van der Waals surface area contributed by atoms with Gasteiger partial charge in [-0.2, -0.15) is 4.98 Å². The molecule has 0 saturated heterocycles. The van der Waals surface area contributed by atoms with Gasteiger partial charge in [-0.3, -0.25) is 0 Å². The lowest BCUT2D eigenvalue weighted by Crippen LogP contribution is -2.24. The summed E-state index contributed by atoms with van der Waals surface area (Å²) >= 11 is 0. The van der Waals surface area contributed by atoms with Gasteiger partial charge in [-0.1, -0.05) is 26.7 Å². The van der Waals surface area contributed by atoms with Gasteiger partial charge >= 0.3 is 0 Å². The number of nitrogens with two attached hydrogens (primary N) is 1. The van der Waals surface area contributed by atoms with Crippen molar-refractivity contribution in [1.29, 1.82) is 0 Å². The lowest BCUT2D eigenvalue weighted by Gasteiger charge is -2.16. The van der Waals surface area contributed by atoms with Crippen LogP contribution in [-0.2, 0) is 0 Å². The second-order valence-corrected chi connectivity index (χ2v) is 5.88. The normalized spacial score (nSPS) is 11.8. The predicted octanol–water partition coefficient (Wildman–Crippen LogP) is 2.53. The van der Waals surface area contributed by atoms with Crippen molar-refractivity contribution in [1.82, 2.24) is 15.0 Å². The number of nitrogens with zero attached hydrogens (tertiary/aromatic N) is 3. The SMILES string of the molecule is C#Cc1cc(Oc2cnc(NC(CC)CO)nc2N)c(C(C)C)cn1. The number of anilines is 2. The third-order valence-electron chi connectivity index (χ3n) is 3.71. The Morgan fingerprint density at radius 1 is 1.32 bits per heavy atom. The highest BCUT2D eigenvalue weighted by Crippen LogP contribution is 2.32. The molecule has 0 aliphatic rings. The van der Waals surface area contributed by atoms with Crippen molar-refractivity contribution in [3.8, 4) is 23.8 Å². The van der Waals surface area contributed by atoms with E-state index in [0.717, 1.165) is 12.0 Å². The molecule has 0 saturated carbocycles. The average molecular weight is 341 g/mol. The molecular formula is C18H23N5O2. The molecule has 0 radical (unpaired) electrons. The number of ether oxygens (including phenoxy) is 1. The molecule has 7 heteroatoms. The molecule has 1 unspecified atom stereocenters. The van der Waals surface area contributed by atoms with Crippen LogP contribution in [0.2, 0.25) is 0 Å². The molecule has 7 nitrogen and oxygen atoms in total. The number of aliphatic hydroxyl groups is 1. The lowest BCUT2D eigenvalue weighted by molar-refractivity contribution is 0.271. The zero-order valence-corrected chi connectivity index (χ0v) is 14.7. The van der Waals surface area contributed by atoms with Gasteiger partial charge < -0.3 is 20.9 Å². The Labute approximate surface area is 147 Å². The van der Waals surface area contributed by atoms with Crippen molar-refractivity contribution in [2.75, 3.05) is 17.7 Å². The van der Waals surface area contributed by atoms with Gasteiger partial charge in [-0.05, 0) is 12.3 Å². The Bertz CT molecular complexity index is 767.